The Hall–Kier alpha value is 2.89. The molecule has 0 radical (unpaired) electrons. The molecule has 0 amide bonds. The van der Waals surface area contributed by atoms with Crippen LogP contribution >= 0.6 is 59.5 Å². The molecule has 0 N–H and O–H groups in total. The van der Waals surface area contributed by atoms with Gasteiger partial charge in [-0.2, -0.15) is 0 Å². The topological polar surface area (TPSA) is 0 Å². The molecule has 0 aromatic carbocycles. The van der Waals surface area contributed by atoms with Crippen molar-refractivity contribution in [3.05, 3.63) is 0 Å². The van der Waals surface area contributed by atoms with Gasteiger partial charge in [0.2, 0.25) is 0 Å². The molecule has 3 heterocycles. The molecule has 7 heteroatoms. The first-order chi connectivity index (χ1) is 6.60. The molecule has 3 fully saturated rings. The summed E-state index contributed by atoms with van der Waals surface area (Å²) in [4.78, 5) is 0. The molecule has 0 unspecified atom stereocenters. The summed E-state index contributed by atoms with van der Waals surface area (Å²) in [6, 6.07) is 0. The van der Waals surface area contributed by atoms with E-state index in [1.807, 2.05) is 23.5 Å². The van der Waals surface area contributed by atoms with Gasteiger partial charge < -0.3 is 0 Å². The summed E-state index contributed by atoms with van der Waals surface area (Å²) in [6.45, 7) is 6.89. The predicted molar refractivity (Wildman–Crippen MR) is 118 cm³/mol. The van der Waals surface area contributed by atoms with Crippen molar-refractivity contribution in [1.29, 1.82) is 0 Å². The standard InChI is InChI=1S/C4H8S4Te.C3H6S2.5CH4/c1-3-5-9(6-3)7-4(2)8-9;1-3-4-2-5-3;;;;;/h3-4H,1-2H3;3H,2H2,1H3;5*1H4. The Morgan fingerprint density at radius 3 is 1.00 bits per heavy atom. The second-order valence-electron chi connectivity index (χ2n) is 2.95. The molecule has 0 atom stereocenters. The normalized spacial score (nSPS) is 37.0. The summed E-state index contributed by atoms with van der Waals surface area (Å²) in [7, 11) is 9.20. The van der Waals surface area contributed by atoms with Gasteiger partial charge in [-0.3, -0.25) is 0 Å². The summed E-state index contributed by atoms with van der Waals surface area (Å²) in [6.07, 6.45) is 0. The fourth-order valence-electron chi connectivity index (χ4n) is 0.973. The second-order valence-corrected chi connectivity index (χ2v) is 41.3. The van der Waals surface area contributed by atoms with Crippen LogP contribution in [0.5, 0.6) is 0 Å². The SMILES string of the molecule is C.C.C.C.C.CC1SCS1.CC1S[Te]2(S1)SC(C)S2. The molecular weight excluding hydrogens is 464 g/mol. The van der Waals surface area contributed by atoms with E-state index in [2.05, 4.69) is 56.7 Å². The Kier molecular flexibility index (Phi) is 21.0. The summed E-state index contributed by atoms with van der Waals surface area (Å²) < 4.78 is 2.76. The van der Waals surface area contributed by atoms with Crippen LogP contribution in [0.3, 0.4) is 0 Å². The molecule has 3 aliphatic heterocycles. The first kappa shape index (κ1) is 29.8. The van der Waals surface area contributed by atoms with Crippen molar-refractivity contribution >= 4 is 72.2 Å². The minimum atomic E-state index is -1.23. The Labute approximate surface area is 147 Å². The van der Waals surface area contributed by atoms with Gasteiger partial charge in [0.1, 0.15) is 0 Å². The summed E-state index contributed by atoms with van der Waals surface area (Å²) in [5.74, 6) is 0. The van der Waals surface area contributed by atoms with E-state index in [4.69, 9.17) is 0 Å². The van der Waals surface area contributed by atoms with Crippen LogP contribution in [-0.4, -0.2) is 31.5 Å². The predicted octanol–water partition coefficient (Wildman–Crippen LogP) is 8.02. The number of thioether (sulfide) groups is 2. The number of rotatable bonds is 0. The van der Waals surface area contributed by atoms with E-state index < -0.39 is 12.7 Å². The molecule has 0 aliphatic carbocycles. The molecule has 0 aromatic rings. The van der Waals surface area contributed by atoms with Crippen LogP contribution in [0.1, 0.15) is 57.9 Å². The summed E-state index contributed by atoms with van der Waals surface area (Å²) in [5, 5.41) is 1.32. The Balaban J connectivity index is -0.000000102. The van der Waals surface area contributed by atoms with E-state index in [0.29, 0.717) is 0 Å². The molecule has 3 saturated heterocycles. The van der Waals surface area contributed by atoms with E-state index in [1.165, 1.54) is 5.08 Å². The fraction of sp³-hybridized carbons (Fsp3) is 1.00. The zero-order valence-electron chi connectivity index (χ0n) is 8.30. The van der Waals surface area contributed by atoms with Gasteiger partial charge in [0.05, 0.1) is 0 Å². The van der Waals surface area contributed by atoms with Crippen molar-refractivity contribution in [1.82, 2.24) is 0 Å². The maximum atomic E-state index is 2.33. The molecule has 0 bridgehead atoms. The van der Waals surface area contributed by atoms with E-state index >= 15 is 0 Å². The third kappa shape index (κ3) is 8.93. The molecule has 0 nitrogen and oxygen atoms in total. The molecule has 0 saturated carbocycles. The van der Waals surface area contributed by atoms with Crippen LogP contribution in [0.2, 0.25) is 0 Å². The zero-order chi connectivity index (χ0) is 10.2. The Morgan fingerprint density at radius 1 is 0.632 bits per heavy atom. The molecule has 0 aromatic heterocycles. The van der Waals surface area contributed by atoms with Gasteiger partial charge in [0, 0.05) is 9.67 Å². The Morgan fingerprint density at radius 2 is 0.895 bits per heavy atom. The molecule has 3 rings (SSSR count). The quantitative estimate of drug-likeness (QED) is 0.308. The van der Waals surface area contributed by atoms with Crippen molar-refractivity contribution < 1.29 is 0 Å². The first-order valence-electron chi connectivity index (χ1n) is 4.39. The van der Waals surface area contributed by atoms with Crippen LogP contribution in [0, 0.1) is 0 Å². The fourth-order valence-corrected chi connectivity index (χ4v) is 63.8. The van der Waals surface area contributed by atoms with Gasteiger partial charge >= 0.3 is 71.7 Å². The molecule has 3 aliphatic rings. The van der Waals surface area contributed by atoms with Gasteiger partial charge in [-0.25, -0.2) is 0 Å². The maximum absolute atomic E-state index is 2.33. The van der Waals surface area contributed by atoms with Gasteiger partial charge in [-0.15, -0.1) is 23.5 Å². The Bertz CT molecular complexity index is 181. The van der Waals surface area contributed by atoms with E-state index in [0.717, 1.165) is 13.7 Å². The zero-order valence-corrected chi connectivity index (χ0v) is 15.5. The molecular formula is C12H34S6Te. The van der Waals surface area contributed by atoms with Crippen molar-refractivity contribution in [2.24, 2.45) is 0 Å². The van der Waals surface area contributed by atoms with Gasteiger partial charge in [-0.05, 0) is 6.92 Å². The third-order valence-electron chi connectivity index (χ3n) is 1.62. The van der Waals surface area contributed by atoms with Crippen LogP contribution < -0.4 is 0 Å². The monoisotopic (exact) mass is 500 g/mol. The minimum absolute atomic E-state index is 0. The molecule has 124 valence electrons. The first-order valence-corrected chi connectivity index (χ1v) is 21.1. The van der Waals surface area contributed by atoms with Crippen LogP contribution in [0.25, 0.3) is 0 Å². The number of hydrogen-bond acceptors (Lipinski definition) is 6. The van der Waals surface area contributed by atoms with E-state index in [9.17, 15) is 0 Å². The van der Waals surface area contributed by atoms with Crippen molar-refractivity contribution in [2.45, 2.75) is 71.7 Å². The van der Waals surface area contributed by atoms with Crippen molar-refractivity contribution in [3.8, 4) is 0 Å². The summed E-state index contributed by atoms with van der Waals surface area (Å²) >= 11 is 2.82. The van der Waals surface area contributed by atoms with Gasteiger partial charge in [-0.1, -0.05) is 37.1 Å². The molecule has 1 spiro atoms. The van der Waals surface area contributed by atoms with E-state index in [-0.39, 0.29) is 37.1 Å². The van der Waals surface area contributed by atoms with Crippen LogP contribution in [0.4, 0.5) is 0 Å². The summed E-state index contributed by atoms with van der Waals surface area (Å²) in [5.41, 5.74) is 0. The van der Waals surface area contributed by atoms with Crippen LogP contribution in [0.15, 0.2) is 0 Å². The average Bonchev–Trinajstić information content (AvgIpc) is 1.96. The number of hydrogen-bond donors (Lipinski definition) is 0. The average molecular weight is 498 g/mol. The van der Waals surface area contributed by atoms with Crippen molar-refractivity contribution in [2.75, 3.05) is 5.08 Å². The second kappa shape index (κ2) is 13.3. The third-order valence-corrected chi connectivity index (χ3v) is 49.1. The van der Waals surface area contributed by atoms with Gasteiger partial charge in [0.15, 0.2) is 0 Å². The van der Waals surface area contributed by atoms with Crippen molar-refractivity contribution in [3.63, 3.8) is 0 Å². The van der Waals surface area contributed by atoms with Crippen LogP contribution in [-0.2, 0) is 0 Å². The molecule has 19 heavy (non-hydrogen) atoms. The van der Waals surface area contributed by atoms with E-state index in [1.54, 1.807) is 0 Å². The van der Waals surface area contributed by atoms with Gasteiger partial charge in [0.25, 0.3) is 0 Å².